The summed E-state index contributed by atoms with van der Waals surface area (Å²) in [6.45, 7) is 2.93. The maximum absolute atomic E-state index is 4.18. The van der Waals surface area contributed by atoms with E-state index >= 15 is 0 Å². The Morgan fingerprint density at radius 1 is 1.23 bits per heavy atom. The van der Waals surface area contributed by atoms with Gasteiger partial charge in [0.2, 0.25) is 0 Å². The van der Waals surface area contributed by atoms with Crippen LogP contribution in [-0.4, -0.2) is 10.7 Å². The topological polar surface area (TPSA) is 17.3 Å². The highest BCUT2D eigenvalue weighted by atomic mass is 15.2. The van der Waals surface area contributed by atoms with Gasteiger partial charge in [-0.25, -0.2) is 4.90 Å². The molecule has 65 valence electrons. The van der Waals surface area contributed by atoms with Crippen LogP contribution in [0.4, 0.5) is 0 Å². The molecule has 0 unspecified atom stereocenters. The van der Waals surface area contributed by atoms with Crippen LogP contribution < -0.4 is 4.99 Å². The number of benzene rings is 1. The Kier molecular flexibility index (Phi) is 2.13. The van der Waals surface area contributed by atoms with Gasteiger partial charge < -0.3 is 0 Å². The Balaban J connectivity index is 2.07. The molecule has 13 heavy (non-hydrogen) atoms. The molecule has 0 N–H and O–H groups in total. The first-order valence-corrected chi connectivity index (χ1v) is 4.38. The van der Waals surface area contributed by atoms with Gasteiger partial charge >= 0.3 is 0 Å². The first-order chi connectivity index (χ1) is 6.36. The van der Waals surface area contributed by atoms with E-state index in [0.717, 1.165) is 12.4 Å². The van der Waals surface area contributed by atoms with E-state index in [1.807, 2.05) is 25.4 Å². The first kappa shape index (κ1) is 8.05. The number of amidine groups is 1. The third-order valence-electron chi connectivity index (χ3n) is 2.12. The highest BCUT2D eigenvalue weighted by Gasteiger charge is 2.17. The van der Waals surface area contributed by atoms with Crippen LogP contribution in [0.1, 0.15) is 12.5 Å². The molecule has 2 rings (SSSR count). The maximum Gasteiger partial charge on any atom is 0.295 e. The highest BCUT2D eigenvalue weighted by Crippen LogP contribution is 2.06. The van der Waals surface area contributed by atoms with Crippen LogP contribution in [0.3, 0.4) is 0 Å². The van der Waals surface area contributed by atoms with Crippen LogP contribution in [0.5, 0.6) is 0 Å². The van der Waals surface area contributed by atoms with Crippen molar-refractivity contribution in [1.82, 2.24) is 9.89 Å². The molecule has 0 spiro atoms. The number of hydrogen-bond acceptors (Lipinski definition) is 2. The summed E-state index contributed by atoms with van der Waals surface area (Å²) in [5, 5.41) is 0. The molecule has 0 bridgehead atoms. The third-order valence-corrected chi connectivity index (χ3v) is 2.12. The van der Waals surface area contributed by atoms with Crippen LogP contribution >= 0.6 is 0 Å². The molecule has 1 aliphatic rings. The monoisotopic (exact) mass is 172 g/mol. The molecule has 1 aromatic carbocycles. The predicted octanol–water partition coefficient (Wildman–Crippen LogP) is 1.73. The van der Waals surface area contributed by atoms with Gasteiger partial charge in [0.05, 0.1) is 0 Å². The molecule has 0 saturated heterocycles. The summed E-state index contributed by atoms with van der Waals surface area (Å²) >= 11 is 0. The largest absolute Gasteiger partial charge is 0.295 e. The Hall–Kier alpha value is -1.57. The van der Waals surface area contributed by atoms with Crippen molar-refractivity contribution < 1.29 is 0 Å². The zero-order chi connectivity index (χ0) is 9.10. The van der Waals surface area contributed by atoms with E-state index in [0.29, 0.717) is 0 Å². The van der Waals surface area contributed by atoms with Crippen molar-refractivity contribution in [1.29, 1.82) is 0 Å². The zero-order valence-corrected chi connectivity index (χ0v) is 7.64. The van der Waals surface area contributed by atoms with Crippen LogP contribution in [0.2, 0.25) is 0 Å². The second-order valence-corrected chi connectivity index (χ2v) is 3.09. The summed E-state index contributed by atoms with van der Waals surface area (Å²) in [5.74, 6) is 1.06. The van der Waals surface area contributed by atoms with E-state index in [2.05, 4.69) is 34.2 Å². The molecule has 0 saturated carbocycles. The molecule has 0 atom stereocenters. The van der Waals surface area contributed by atoms with Crippen LogP contribution in [0, 0.1) is 0 Å². The second-order valence-electron chi connectivity index (χ2n) is 3.09. The quantitative estimate of drug-likeness (QED) is 0.664. The average Bonchev–Trinajstić information content (AvgIpc) is 2.54. The third kappa shape index (κ3) is 1.78. The summed E-state index contributed by atoms with van der Waals surface area (Å²) in [7, 11) is 0. The summed E-state index contributed by atoms with van der Waals surface area (Å²) in [4.78, 5) is 6.31. The van der Waals surface area contributed by atoms with E-state index in [9.17, 15) is 0 Å². The summed E-state index contributed by atoms with van der Waals surface area (Å²) < 4.78 is 0. The molecular weight excluding hydrogens is 160 g/mol. The molecule has 1 aromatic rings. The van der Waals surface area contributed by atoms with E-state index in [1.54, 1.807) is 0 Å². The molecule has 0 fully saturated rings. The van der Waals surface area contributed by atoms with Gasteiger partial charge in [-0.15, -0.1) is 0 Å². The van der Waals surface area contributed by atoms with Gasteiger partial charge in [0.25, 0.3) is 5.84 Å². The molecule has 0 aliphatic carbocycles. The lowest BCUT2D eigenvalue weighted by Crippen LogP contribution is -2.21. The van der Waals surface area contributed by atoms with Gasteiger partial charge in [0.15, 0.2) is 6.20 Å². The van der Waals surface area contributed by atoms with Gasteiger partial charge in [0.1, 0.15) is 12.7 Å². The fourth-order valence-electron chi connectivity index (χ4n) is 1.35. The van der Waals surface area contributed by atoms with Crippen molar-refractivity contribution in [3.8, 4) is 0 Å². The lowest BCUT2D eigenvalue weighted by Gasteiger charge is -2.06. The molecule has 1 radical (unpaired) electrons. The lowest BCUT2D eigenvalue weighted by atomic mass is 10.2. The summed E-state index contributed by atoms with van der Waals surface area (Å²) in [5.41, 5.74) is 1.31. The minimum absolute atomic E-state index is 0.909. The van der Waals surface area contributed by atoms with Gasteiger partial charge in [-0.3, -0.25) is 0 Å². The Labute approximate surface area is 78.2 Å². The van der Waals surface area contributed by atoms with Gasteiger partial charge in [-0.2, -0.15) is 0 Å². The van der Waals surface area contributed by atoms with Crippen molar-refractivity contribution in [2.24, 2.45) is 0 Å². The van der Waals surface area contributed by atoms with Gasteiger partial charge in [-0.1, -0.05) is 35.3 Å². The number of rotatable bonds is 2. The van der Waals surface area contributed by atoms with E-state index in [-0.39, 0.29) is 0 Å². The highest BCUT2D eigenvalue weighted by molar-refractivity contribution is 5.81. The zero-order valence-electron chi connectivity index (χ0n) is 7.64. The normalized spacial score (nSPS) is 14.8. The first-order valence-electron chi connectivity index (χ1n) is 4.38. The molecule has 0 amide bonds. The van der Waals surface area contributed by atoms with Gasteiger partial charge in [-0.05, 0) is 5.56 Å². The lowest BCUT2D eigenvalue weighted by molar-refractivity contribution is 0.559. The van der Waals surface area contributed by atoms with E-state index in [4.69, 9.17) is 0 Å². The fourth-order valence-corrected chi connectivity index (χ4v) is 1.35. The molecule has 1 aliphatic heterocycles. The predicted molar refractivity (Wildman–Crippen MR) is 53.9 cm³/mol. The van der Waals surface area contributed by atoms with Gasteiger partial charge in [0, 0.05) is 6.92 Å². The fraction of sp³-hybridized carbons (Fsp3) is 0.182. The van der Waals surface area contributed by atoms with Crippen molar-refractivity contribution in [2.45, 2.75) is 13.5 Å². The standard InChI is InChI=1S/C11H12N2/c1-10-12-7-8-13(10)9-11-5-3-2-4-6-11/h2-8H,9H2,1H3/q+1. The van der Waals surface area contributed by atoms with Crippen molar-refractivity contribution in [2.75, 3.05) is 0 Å². The number of aliphatic imine (C=N–C) groups is 1. The van der Waals surface area contributed by atoms with Crippen LogP contribution in [-0.2, 0) is 6.54 Å². The number of nitrogens with zero attached hydrogens (tertiary/aromatic N) is 2. The van der Waals surface area contributed by atoms with Crippen LogP contribution in [0.25, 0.3) is 0 Å². The van der Waals surface area contributed by atoms with Crippen molar-refractivity contribution >= 4 is 5.84 Å². The molecule has 2 nitrogen and oxygen atoms in total. The Morgan fingerprint density at radius 2 is 2.00 bits per heavy atom. The molecule has 2 heteroatoms. The SMILES string of the molecule is CC1=[N+]C=CN1Cc1ccccc1. The minimum Gasteiger partial charge on any atom is -0.227 e. The molecule has 1 heterocycles. The molecular formula is C11H12N2+. The van der Waals surface area contributed by atoms with Crippen LogP contribution in [0.15, 0.2) is 42.7 Å². The van der Waals surface area contributed by atoms with E-state index in [1.165, 1.54) is 5.56 Å². The second kappa shape index (κ2) is 3.44. The van der Waals surface area contributed by atoms with Crippen molar-refractivity contribution in [3.63, 3.8) is 0 Å². The average molecular weight is 172 g/mol. The maximum atomic E-state index is 4.18. The Bertz CT molecular complexity index is 338. The Morgan fingerprint density at radius 3 is 2.62 bits per heavy atom. The van der Waals surface area contributed by atoms with E-state index < -0.39 is 0 Å². The summed E-state index contributed by atoms with van der Waals surface area (Å²) in [6, 6.07) is 10.4. The minimum atomic E-state index is 0.909. The number of hydrogen-bond donors (Lipinski definition) is 0. The molecule has 0 aromatic heterocycles. The smallest absolute Gasteiger partial charge is 0.227 e. The van der Waals surface area contributed by atoms with Crippen molar-refractivity contribution in [3.05, 3.63) is 48.3 Å². The summed E-state index contributed by atoms with van der Waals surface area (Å²) in [6.07, 6.45) is 3.83.